The Balaban J connectivity index is 2.29. The van der Waals surface area contributed by atoms with Crippen LogP contribution in [0.3, 0.4) is 0 Å². The van der Waals surface area contributed by atoms with Crippen molar-refractivity contribution in [3.8, 4) is 5.88 Å². The van der Waals surface area contributed by atoms with Crippen LogP contribution in [0.1, 0.15) is 31.3 Å². The standard InChI is InChI=1S/C14H19N5O2/c1-14(2,3)19-9-10(16-17-19)13(20)18(4)11-7-6-8-15-12(11)21-5/h6-9H,1-5H3. The number of amides is 1. The first kappa shape index (κ1) is 15.0. The summed E-state index contributed by atoms with van der Waals surface area (Å²) in [6.45, 7) is 5.97. The molecule has 2 aromatic rings. The lowest BCUT2D eigenvalue weighted by Crippen LogP contribution is -2.27. The predicted octanol–water partition coefficient (Wildman–Crippen LogP) is 1.71. The van der Waals surface area contributed by atoms with Crippen LogP contribution in [0.5, 0.6) is 5.88 Å². The number of pyridine rings is 1. The minimum absolute atomic E-state index is 0.226. The summed E-state index contributed by atoms with van der Waals surface area (Å²) in [5.74, 6) is 0.119. The third-order valence-electron chi connectivity index (χ3n) is 3.01. The molecule has 0 fully saturated rings. The molecule has 2 rings (SSSR count). The van der Waals surface area contributed by atoms with Gasteiger partial charge in [-0.2, -0.15) is 0 Å². The minimum Gasteiger partial charge on any atom is -0.480 e. The number of hydrogen-bond donors (Lipinski definition) is 0. The summed E-state index contributed by atoms with van der Waals surface area (Å²) in [6, 6.07) is 3.51. The van der Waals surface area contributed by atoms with E-state index in [0.717, 1.165) is 0 Å². The Morgan fingerprint density at radius 2 is 2.10 bits per heavy atom. The zero-order valence-corrected chi connectivity index (χ0v) is 12.9. The molecule has 0 aliphatic rings. The highest BCUT2D eigenvalue weighted by Gasteiger charge is 2.23. The second-order valence-electron chi connectivity index (χ2n) is 5.62. The molecule has 0 aliphatic heterocycles. The van der Waals surface area contributed by atoms with Crippen molar-refractivity contribution in [2.75, 3.05) is 19.1 Å². The van der Waals surface area contributed by atoms with Gasteiger partial charge in [-0.05, 0) is 32.9 Å². The Morgan fingerprint density at radius 3 is 2.67 bits per heavy atom. The molecule has 0 spiro atoms. The van der Waals surface area contributed by atoms with Gasteiger partial charge in [0, 0.05) is 13.2 Å². The molecule has 0 saturated carbocycles. The van der Waals surface area contributed by atoms with E-state index in [4.69, 9.17) is 4.74 Å². The van der Waals surface area contributed by atoms with Gasteiger partial charge in [0.15, 0.2) is 5.69 Å². The Kier molecular flexibility index (Phi) is 3.93. The normalized spacial score (nSPS) is 11.3. The maximum atomic E-state index is 12.5. The van der Waals surface area contributed by atoms with Crippen molar-refractivity contribution in [2.45, 2.75) is 26.3 Å². The number of anilines is 1. The lowest BCUT2D eigenvalue weighted by Gasteiger charge is -2.18. The third-order valence-corrected chi connectivity index (χ3v) is 3.01. The average Bonchev–Trinajstić information content (AvgIpc) is 2.95. The molecule has 0 unspecified atom stereocenters. The van der Waals surface area contributed by atoms with E-state index in [0.29, 0.717) is 11.6 Å². The third kappa shape index (κ3) is 3.01. The first-order valence-electron chi connectivity index (χ1n) is 6.54. The molecule has 0 aromatic carbocycles. The van der Waals surface area contributed by atoms with Gasteiger partial charge < -0.3 is 9.64 Å². The lowest BCUT2D eigenvalue weighted by molar-refractivity contribution is 0.0987. The summed E-state index contributed by atoms with van der Waals surface area (Å²) in [6.07, 6.45) is 3.25. The van der Waals surface area contributed by atoms with E-state index in [2.05, 4.69) is 15.3 Å². The topological polar surface area (TPSA) is 73.1 Å². The summed E-state index contributed by atoms with van der Waals surface area (Å²) in [5, 5.41) is 7.94. The number of nitrogens with zero attached hydrogens (tertiary/aromatic N) is 5. The first-order valence-corrected chi connectivity index (χ1v) is 6.54. The maximum Gasteiger partial charge on any atom is 0.280 e. The number of carbonyl (C=O) groups is 1. The molecule has 0 saturated heterocycles. The van der Waals surface area contributed by atoms with Crippen LogP contribution in [0.25, 0.3) is 0 Å². The van der Waals surface area contributed by atoms with Crippen LogP contribution in [0.2, 0.25) is 0 Å². The van der Waals surface area contributed by atoms with Crippen LogP contribution in [-0.2, 0) is 5.54 Å². The fourth-order valence-electron chi connectivity index (χ4n) is 1.77. The SMILES string of the molecule is COc1ncccc1N(C)C(=O)c1cn(C(C)(C)C)nn1. The fraction of sp³-hybridized carbons (Fsp3) is 0.429. The monoisotopic (exact) mass is 289 g/mol. The van der Waals surface area contributed by atoms with Crippen molar-refractivity contribution in [3.63, 3.8) is 0 Å². The molecule has 7 nitrogen and oxygen atoms in total. The summed E-state index contributed by atoms with van der Waals surface area (Å²) in [5.41, 5.74) is 0.629. The minimum atomic E-state index is -0.267. The lowest BCUT2D eigenvalue weighted by atomic mass is 10.1. The number of methoxy groups -OCH3 is 1. The largest absolute Gasteiger partial charge is 0.480 e. The van der Waals surface area contributed by atoms with E-state index >= 15 is 0 Å². The molecule has 112 valence electrons. The fourth-order valence-corrected chi connectivity index (χ4v) is 1.77. The van der Waals surface area contributed by atoms with Gasteiger partial charge in [-0.3, -0.25) is 4.79 Å². The van der Waals surface area contributed by atoms with Gasteiger partial charge in [-0.15, -0.1) is 5.10 Å². The Hall–Kier alpha value is -2.44. The molecule has 0 radical (unpaired) electrons. The Morgan fingerprint density at radius 1 is 1.38 bits per heavy atom. The molecule has 0 N–H and O–H groups in total. The van der Waals surface area contributed by atoms with E-state index in [-0.39, 0.29) is 17.1 Å². The molecule has 0 atom stereocenters. The predicted molar refractivity (Wildman–Crippen MR) is 78.5 cm³/mol. The molecular weight excluding hydrogens is 270 g/mol. The van der Waals surface area contributed by atoms with Crippen molar-refractivity contribution >= 4 is 11.6 Å². The molecule has 2 heterocycles. The molecule has 2 aromatic heterocycles. The zero-order chi connectivity index (χ0) is 15.6. The Bertz CT molecular complexity index is 645. The van der Waals surface area contributed by atoms with E-state index in [1.807, 2.05) is 20.8 Å². The van der Waals surface area contributed by atoms with Gasteiger partial charge in [0.05, 0.1) is 18.8 Å². The van der Waals surface area contributed by atoms with Crippen molar-refractivity contribution in [1.29, 1.82) is 0 Å². The molecule has 1 amide bonds. The van der Waals surface area contributed by atoms with Gasteiger partial charge in [0.1, 0.15) is 5.69 Å². The second kappa shape index (κ2) is 5.51. The van der Waals surface area contributed by atoms with Gasteiger partial charge >= 0.3 is 0 Å². The van der Waals surface area contributed by atoms with Crippen LogP contribution in [0.4, 0.5) is 5.69 Å². The van der Waals surface area contributed by atoms with E-state index in [9.17, 15) is 4.79 Å². The van der Waals surface area contributed by atoms with Gasteiger partial charge in [0.25, 0.3) is 5.91 Å². The first-order chi connectivity index (χ1) is 9.84. The molecule has 0 bridgehead atoms. The number of aromatic nitrogens is 4. The highest BCUT2D eigenvalue weighted by atomic mass is 16.5. The number of carbonyl (C=O) groups excluding carboxylic acids is 1. The molecule has 21 heavy (non-hydrogen) atoms. The van der Waals surface area contributed by atoms with Crippen LogP contribution in [-0.4, -0.2) is 40.0 Å². The second-order valence-corrected chi connectivity index (χ2v) is 5.62. The van der Waals surface area contributed by atoms with Crippen LogP contribution < -0.4 is 9.64 Å². The van der Waals surface area contributed by atoms with Crippen molar-refractivity contribution in [2.24, 2.45) is 0 Å². The van der Waals surface area contributed by atoms with Gasteiger partial charge in [-0.25, -0.2) is 9.67 Å². The maximum absolute atomic E-state index is 12.5. The zero-order valence-electron chi connectivity index (χ0n) is 12.9. The summed E-state index contributed by atoms with van der Waals surface area (Å²) >= 11 is 0. The van der Waals surface area contributed by atoms with Crippen LogP contribution >= 0.6 is 0 Å². The molecule has 0 aliphatic carbocycles. The number of ether oxygens (including phenoxy) is 1. The smallest absolute Gasteiger partial charge is 0.280 e. The summed E-state index contributed by atoms with van der Waals surface area (Å²) in [4.78, 5) is 18.0. The highest BCUT2D eigenvalue weighted by molar-refractivity contribution is 6.04. The molecular formula is C14H19N5O2. The van der Waals surface area contributed by atoms with Crippen molar-refractivity contribution in [3.05, 3.63) is 30.2 Å². The summed E-state index contributed by atoms with van der Waals surface area (Å²) in [7, 11) is 3.16. The van der Waals surface area contributed by atoms with E-state index < -0.39 is 0 Å². The quantitative estimate of drug-likeness (QED) is 0.860. The van der Waals surface area contributed by atoms with Crippen LogP contribution in [0, 0.1) is 0 Å². The Labute approximate surface area is 123 Å². The van der Waals surface area contributed by atoms with E-state index in [1.165, 1.54) is 12.0 Å². The van der Waals surface area contributed by atoms with Gasteiger partial charge in [-0.1, -0.05) is 5.21 Å². The molecule has 7 heteroatoms. The highest BCUT2D eigenvalue weighted by Crippen LogP contribution is 2.25. The van der Waals surface area contributed by atoms with Crippen LogP contribution in [0.15, 0.2) is 24.5 Å². The van der Waals surface area contributed by atoms with Crippen molar-refractivity contribution in [1.82, 2.24) is 20.0 Å². The van der Waals surface area contributed by atoms with E-state index in [1.54, 1.807) is 36.3 Å². The van der Waals surface area contributed by atoms with Gasteiger partial charge in [0.2, 0.25) is 5.88 Å². The summed E-state index contributed by atoms with van der Waals surface area (Å²) < 4.78 is 6.83. The number of rotatable bonds is 3. The average molecular weight is 289 g/mol. The van der Waals surface area contributed by atoms with Crippen molar-refractivity contribution < 1.29 is 9.53 Å². The number of hydrogen-bond acceptors (Lipinski definition) is 5.